The first kappa shape index (κ1) is 29.4. The minimum absolute atomic E-state index is 0.0812. The zero-order valence-electron chi connectivity index (χ0n) is 23.0. The van der Waals surface area contributed by atoms with Crippen LogP contribution in [0.4, 0.5) is 0 Å². The second-order valence-electron chi connectivity index (χ2n) is 11.0. The Balaban J connectivity index is 1.95. The molecule has 0 aliphatic carbocycles. The predicted molar refractivity (Wildman–Crippen MR) is 142 cm³/mol. The molecule has 0 aromatic rings. The molecule has 2 unspecified atom stereocenters. The molecule has 208 valence electrons. The van der Waals surface area contributed by atoms with E-state index in [2.05, 4.69) is 13.2 Å². The summed E-state index contributed by atoms with van der Waals surface area (Å²) in [5, 5.41) is 9.20. The van der Waals surface area contributed by atoms with E-state index in [1.807, 2.05) is 26.8 Å². The van der Waals surface area contributed by atoms with Crippen molar-refractivity contribution in [3.05, 3.63) is 25.3 Å². The number of rotatable bonds is 16. The molecule has 2 bridgehead atoms. The van der Waals surface area contributed by atoms with Crippen LogP contribution in [0.3, 0.4) is 0 Å². The fourth-order valence-electron chi connectivity index (χ4n) is 6.67. The number of esters is 1. The number of carbonyl (C=O) groups is 3. The largest absolute Gasteiger partial charge is 0.465 e. The van der Waals surface area contributed by atoms with E-state index < -0.39 is 29.1 Å². The molecule has 1 spiro atoms. The molecule has 3 aliphatic rings. The molecule has 3 saturated heterocycles. The number of likely N-dealkylation sites (tertiary alicyclic amines) is 1. The van der Waals surface area contributed by atoms with E-state index in [4.69, 9.17) is 9.47 Å². The van der Waals surface area contributed by atoms with Gasteiger partial charge in [-0.3, -0.25) is 14.4 Å². The Morgan fingerprint density at radius 1 is 1.19 bits per heavy atom. The summed E-state index contributed by atoms with van der Waals surface area (Å²) >= 11 is 0. The quantitative estimate of drug-likeness (QED) is 0.190. The summed E-state index contributed by atoms with van der Waals surface area (Å²) in [4.78, 5) is 45.1. The predicted octanol–water partition coefficient (Wildman–Crippen LogP) is 3.63. The topological polar surface area (TPSA) is 96.4 Å². The number of hydrogen-bond acceptors (Lipinski definition) is 6. The van der Waals surface area contributed by atoms with Crippen molar-refractivity contribution in [1.29, 1.82) is 0 Å². The summed E-state index contributed by atoms with van der Waals surface area (Å²) in [5.74, 6) is -2.18. The Hall–Kier alpha value is -2.19. The van der Waals surface area contributed by atoms with Crippen LogP contribution in [0.1, 0.15) is 78.6 Å². The minimum Gasteiger partial charge on any atom is -0.465 e. The number of amides is 2. The summed E-state index contributed by atoms with van der Waals surface area (Å²) < 4.78 is 12.5. The molecule has 0 aromatic carbocycles. The average Bonchev–Trinajstić information content (AvgIpc) is 3.48. The number of nitrogens with zero attached hydrogens (tertiary/aromatic N) is 2. The van der Waals surface area contributed by atoms with E-state index in [0.717, 1.165) is 25.7 Å². The third kappa shape index (κ3) is 5.37. The van der Waals surface area contributed by atoms with E-state index in [1.165, 1.54) is 0 Å². The van der Waals surface area contributed by atoms with Gasteiger partial charge >= 0.3 is 5.97 Å². The van der Waals surface area contributed by atoms with Gasteiger partial charge in [-0.1, -0.05) is 19.1 Å². The van der Waals surface area contributed by atoms with Gasteiger partial charge in [-0.15, -0.1) is 13.2 Å². The molecule has 8 nitrogen and oxygen atoms in total. The van der Waals surface area contributed by atoms with Crippen molar-refractivity contribution in [2.45, 2.75) is 102 Å². The van der Waals surface area contributed by atoms with E-state index in [9.17, 15) is 19.5 Å². The number of allylic oxidation sites excluding steroid dienone is 1. The molecule has 0 saturated carbocycles. The van der Waals surface area contributed by atoms with Crippen LogP contribution in [0.15, 0.2) is 25.3 Å². The van der Waals surface area contributed by atoms with E-state index in [1.54, 1.807) is 15.9 Å². The van der Waals surface area contributed by atoms with Crippen LogP contribution in [0.2, 0.25) is 0 Å². The van der Waals surface area contributed by atoms with Gasteiger partial charge in [-0.2, -0.15) is 0 Å². The van der Waals surface area contributed by atoms with Crippen molar-refractivity contribution >= 4 is 17.8 Å². The molecule has 0 aromatic heterocycles. The Kier molecular flexibility index (Phi) is 9.98. The van der Waals surface area contributed by atoms with E-state index in [0.29, 0.717) is 51.8 Å². The molecule has 3 rings (SSSR count). The first-order valence-corrected chi connectivity index (χ1v) is 14.0. The van der Waals surface area contributed by atoms with Crippen LogP contribution < -0.4 is 0 Å². The third-order valence-corrected chi connectivity index (χ3v) is 8.50. The molecule has 3 aliphatic heterocycles. The first-order chi connectivity index (χ1) is 17.7. The number of unbranched alkanes of at least 4 members (excludes halogenated alkanes) is 4. The Morgan fingerprint density at radius 3 is 2.57 bits per heavy atom. The molecule has 0 radical (unpaired) electrons. The van der Waals surface area contributed by atoms with Crippen LogP contribution in [-0.2, 0) is 23.9 Å². The van der Waals surface area contributed by atoms with Crippen molar-refractivity contribution in [3.8, 4) is 0 Å². The first-order valence-electron chi connectivity index (χ1n) is 14.0. The van der Waals surface area contributed by atoms with Gasteiger partial charge in [0.1, 0.15) is 17.6 Å². The number of ether oxygens (including phenoxy) is 2. The van der Waals surface area contributed by atoms with E-state index in [-0.39, 0.29) is 30.4 Å². The van der Waals surface area contributed by atoms with Crippen LogP contribution in [0, 0.1) is 11.8 Å². The maximum Gasteiger partial charge on any atom is 0.312 e. The summed E-state index contributed by atoms with van der Waals surface area (Å²) in [6.07, 6.45) is 9.83. The highest BCUT2D eigenvalue weighted by molar-refractivity contribution is 5.98. The molecule has 1 N–H and O–H groups in total. The summed E-state index contributed by atoms with van der Waals surface area (Å²) in [7, 11) is 0. The minimum atomic E-state index is -1.04. The lowest BCUT2D eigenvalue weighted by Gasteiger charge is -2.38. The monoisotopic (exact) mass is 518 g/mol. The number of carbonyl (C=O) groups excluding carboxylic acids is 3. The number of hydrogen-bond donors (Lipinski definition) is 1. The Morgan fingerprint density at radius 2 is 1.95 bits per heavy atom. The fourth-order valence-corrected chi connectivity index (χ4v) is 6.67. The third-order valence-electron chi connectivity index (χ3n) is 8.50. The highest BCUT2D eigenvalue weighted by atomic mass is 16.6. The second-order valence-corrected chi connectivity index (χ2v) is 11.0. The molecule has 37 heavy (non-hydrogen) atoms. The van der Waals surface area contributed by atoms with Gasteiger partial charge in [0.25, 0.3) is 0 Å². The van der Waals surface area contributed by atoms with Crippen molar-refractivity contribution in [2.24, 2.45) is 11.8 Å². The SMILES string of the molecule is C=CCCCCOC(=O)[C@H]1[C@H]2C(=O)N(CCCCCO)C(C(=O)N(CC=C)C(C)C)C23CC[C@]1(CC)O3. The van der Waals surface area contributed by atoms with Gasteiger partial charge in [0.2, 0.25) is 11.8 Å². The van der Waals surface area contributed by atoms with Gasteiger partial charge in [-0.25, -0.2) is 0 Å². The standard InChI is InChI=1S/C29H46N2O6/c1-6-9-10-14-20-36-27(35)23-22-25(33)31(18-12-11-13-19-32)24(26(34)30(17-7-2)21(4)5)29(22)16-15-28(23,8-3)37-29/h6-7,21-24,32H,1-2,8-20H2,3-5H3/t22-,23+,24?,28-,29?/m0/s1. The van der Waals surface area contributed by atoms with Gasteiger partial charge in [-0.05, 0) is 71.6 Å². The summed E-state index contributed by atoms with van der Waals surface area (Å²) in [6.45, 7) is 14.6. The van der Waals surface area contributed by atoms with Gasteiger partial charge in [0, 0.05) is 25.7 Å². The molecule has 5 atom stereocenters. The zero-order chi connectivity index (χ0) is 27.2. The lowest BCUT2D eigenvalue weighted by atomic mass is 9.65. The molecule has 3 fully saturated rings. The maximum absolute atomic E-state index is 14.1. The molecular weight excluding hydrogens is 472 g/mol. The highest BCUT2D eigenvalue weighted by Gasteiger charge is 2.79. The lowest BCUT2D eigenvalue weighted by molar-refractivity contribution is -0.162. The maximum atomic E-state index is 14.1. The van der Waals surface area contributed by atoms with Gasteiger partial charge in [0.05, 0.1) is 18.1 Å². The molecule has 8 heteroatoms. The number of fused-ring (bicyclic) bond motifs is 1. The zero-order valence-corrected chi connectivity index (χ0v) is 23.0. The fraction of sp³-hybridized carbons (Fsp3) is 0.759. The lowest BCUT2D eigenvalue weighted by Crippen LogP contribution is -2.57. The number of aliphatic hydroxyl groups excluding tert-OH is 1. The van der Waals surface area contributed by atoms with Crippen molar-refractivity contribution < 1.29 is 29.0 Å². The Labute approximate surface area is 222 Å². The van der Waals surface area contributed by atoms with Crippen molar-refractivity contribution in [3.63, 3.8) is 0 Å². The van der Waals surface area contributed by atoms with Gasteiger partial charge < -0.3 is 24.4 Å². The average molecular weight is 519 g/mol. The normalized spacial score (nSPS) is 30.0. The van der Waals surface area contributed by atoms with Crippen LogP contribution in [-0.4, -0.2) is 82.3 Å². The van der Waals surface area contributed by atoms with E-state index >= 15 is 0 Å². The van der Waals surface area contributed by atoms with Crippen LogP contribution >= 0.6 is 0 Å². The molecular formula is C29H46N2O6. The van der Waals surface area contributed by atoms with Gasteiger partial charge in [0.15, 0.2) is 0 Å². The van der Waals surface area contributed by atoms with Crippen molar-refractivity contribution in [1.82, 2.24) is 9.80 Å². The van der Waals surface area contributed by atoms with Crippen LogP contribution in [0.5, 0.6) is 0 Å². The summed E-state index contributed by atoms with van der Waals surface area (Å²) in [5.41, 5.74) is -1.83. The molecule has 2 amide bonds. The highest BCUT2D eigenvalue weighted by Crippen LogP contribution is 2.64. The smallest absolute Gasteiger partial charge is 0.312 e. The number of aliphatic hydroxyl groups is 1. The summed E-state index contributed by atoms with van der Waals surface area (Å²) in [6, 6.07) is -0.873. The molecule has 3 heterocycles. The van der Waals surface area contributed by atoms with Crippen LogP contribution in [0.25, 0.3) is 0 Å². The second kappa shape index (κ2) is 12.6. The van der Waals surface area contributed by atoms with Crippen molar-refractivity contribution in [2.75, 3.05) is 26.3 Å². The Bertz CT molecular complexity index is 859.